The zero-order valence-electron chi connectivity index (χ0n) is 12.4. The molecule has 1 aromatic carbocycles. The summed E-state index contributed by atoms with van der Waals surface area (Å²) in [7, 11) is 0. The molecule has 1 aliphatic rings. The largest absolute Gasteiger partial charge is 0.361 e. The lowest BCUT2D eigenvalue weighted by molar-refractivity contribution is 0.238. The normalized spacial score (nSPS) is 16.9. The van der Waals surface area contributed by atoms with Gasteiger partial charge in [0.2, 0.25) is 0 Å². The van der Waals surface area contributed by atoms with E-state index in [1.54, 1.807) is 0 Å². The van der Waals surface area contributed by atoms with Crippen LogP contribution in [0.5, 0.6) is 0 Å². The monoisotopic (exact) mass is 271 g/mol. The van der Waals surface area contributed by atoms with Gasteiger partial charge in [-0.2, -0.15) is 0 Å². The zero-order chi connectivity index (χ0) is 13.8. The van der Waals surface area contributed by atoms with Crippen LogP contribution in [0.25, 0.3) is 10.9 Å². The first-order chi connectivity index (χ1) is 9.86. The summed E-state index contributed by atoms with van der Waals surface area (Å²) in [6, 6.07) is 6.79. The summed E-state index contributed by atoms with van der Waals surface area (Å²) in [6.07, 6.45) is 5.74. The van der Waals surface area contributed by atoms with Crippen LogP contribution in [0.15, 0.2) is 24.4 Å². The molecule has 0 unspecified atom stereocenters. The van der Waals surface area contributed by atoms with Crippen LogP contribution in [0, 0.1) is 0 Å². The summed E-state index contributed by atoms with van der Waals surface area (Å²) in [4.78, 5) is 5.98. The van der Waals surface area contributed by atoms with Crippen LogP contribution in [-0.2, 0) is 12.8 Å². The Labute approximate surface area is 121 Å². The number of fused-ring (bicyclic) bond motifs is 1. The van der Waals surface area contributed by atoms with E-state index in [0.717, 1.165) is 19.5 Å². The first kappa shape index (κ1) is 13.7. The van der Waals surface area contributed by atoms with Gasteiger partial charge in [-0.05, 0) is 49.1 Å². The Hall–Kier alpha value is -1.32. The molecule has 0 amide bonds. The fraction of sp³-hybridized carbons (Fsp3) is 0.529. The molecule has 0 bridgehead atoms. The molecule has 0 atom stereocenters. The molecule has 0 spiro atoms. The van der Waals surface area contributed by atoms with E-state index in [1.807, 2.05) is 0 Å². The number of benzene rings is 1. The smallest absolute Gasteiger partial charge is 0.0456 e. The van der Waals surface area contributed by atoms with Crippen LogP contribution >= 0.6 is 0 Å². The minimum absolute atomic E-state index is 1.11. The van der Waals surface area contributed by atoms with Crippen molar-refractivity contribution in [3.8, 4) is 0 Å². The second-order valence-electron chi connectivity index (χ2n) is 5.74. The van der Waals surface area contributed by atoms with Crippen LogP contribution in [0.3, 0.4) is 0 Å². The van der Waals surface area contributed by atoms with E-state index in [1.165, 1.54) is 54.5 Å². The Morgan fingerprint density at radius 1 is 1.20 bits per heavy atom. The summed E-state index contributed by atoms with van der Waals surface area (Å²) in [5.74, 6) is 0. The lowest BCUT2D eigenvalue weighted by Gasteiger charge is -2.26. The van der Waals surface area contributed by atoms with Gasteiger partial charge in [0, 0.05) is 43.3 Å². The summed E-state index contributed by atoms with van der Waals surface area (Å²) in [5.41, 5.74) is 4.19. The van der Waals surface area contributed by atoms with E-state index in [9.17, 15) is 0 Å². The minimum atomic E-state index is 1.11. The van der Waals surface area contributed by atoms with Gasteiger partial charge in [0.1, 0.15) is 0 Å². The standard InChI is InChI=1S/C17H25N3/c1-2-14-5-6-17-16(12-14)15(13-19-17)4-3-9-20-10-7-18-8-11-20/h5-6,12-13,18-19H,2-4,7-11H2,1H3. The van der Waals surface area contributed by atoms with Crippen molar-refractivity contribution in [2.75, 3.05) is 32.7 Å². The molecule has 3 heteroatoms. The van der Waals surface area contributed by atoms with Gasteiger partial charge in [0.05, 0.1) is 0 Å². The van der Waals surface area contributed by atoms with Crippen LogP contribution < -0.4 is 5.32 Å². The molecule has 2 heterocycles. The molecule has 1 aliphatic heterocycles. The first-order valence-corrected chi connectivity index (χ1v) is 7.89. The van der Waals surface area contributed by atoms with Crippen molar-refractivity contribution in [3.63, 3.8) is 0 Å². The molecule has 108 valence electrons. The maximum absolute atomic E-state index is 3.41. The van der Waals surface area contributed by atoms with Gasteiger partial charge in [-0.15, -0.1) is 0 Å². The highest BCUT2D eigenvalue weighted by atomic mass is 15.2. The number of aromatic nitrogens is 1. The number of piperazine rings is 1. The Morgan fingerprint density at radius 3 is 2.85 bits per heavy atom. The van der Waals surface area contributed by atoms with E-state index in [2.05, 4.69) is 46.5 Å². The fourth-order valence-electron chi connectivity index (χ4n) is 3.08. The molecule has 1 aromatic heterocycles. The van der Waals surface area contributed by atoms with Crippen molar-refractivity contribution in [3.05, 3.63) is 35.5 Å². The average molecular weight is 271 g/mol. The number of H-pyrrole nitrogens is 1. The summed E-state index contributed by atoms with van der Waals surface area (Å²) < 4.78 is 0. The van der Waals surface area contributed by atoms with Crippen molar-refractivity contribution in [2.45, 2.75) is 26.2 Å². The number of hydrogen-bond donors (Lipinski definition) is 2. The third-order valence-corrected chi connectivity index (χ3v) is 4.37. The van der Waals surface area contributed by atoms with Gasteiger partial charge in [0.25, 0.3) is 0 Å². The molecule has 3 rings (SSSR count). The van der Waals surface area contributed by atoms with E-state index in [-0.39, 0.29) is 0 Å². The van der Waals surface area contributed by atoms with Gasteiger partial charge >= 0.3 is 0 Å². The number of aromatic amines is 1. The fourth-order valence-corrected chi connectivity index (χ4v) is 3.08. The number of rotatable bonds is 5. The molecule has 0 radical (unpaired) electrons. The number of nitrogens with one attached hydrogen (secondary N) is 2. The minimum Gasteiger partial charge on any atom is -0.361 e. The highest BCUT2D eigenvalue weighted by Crippen LogP contribution is 2.21. The van der Waals surface area contributed by atoms with Crippen molar-refractivity contribution in [1.82, 2.24) is 15.2 Å². The third kappa shape index (κ3) is 3.05. The molecule has 1 fully saturated rings. The molecule has 3 nitrogen and oxygen atoms in total. The highest BCUT2D eigenvalue weighted by molar-refractivity contribution is 5.83. The molecular weight excluding hydrogens is 246 g/mol. The molecular formula is C17H25N3. The van der Waals surface area contributed by atoms with Crippen molar-refractivity contribution >= 4 is 10.9 Å². The Kier molecular flexibility index (Phi) is 4.38. The van der Waals surface area contributed by atoms with E-state index >= 15 is 0 Å². The molecule has 1 saturated heterocycles. The van der Waals surface area contributed by atoms with E-state index in [4.69, 9.17) is 0 Å². The Bertz CT molecular complexity index is 552. The molecule has 20 heavy (non-hydrogen) atoms. The number of hydrogen-bond acceptors (Lipinski definition) is 2. The first-order valence-electron chi connectivity index (χ1n) is 7.89. The van der Waals surface area contributed by atoms with Crippen LogP contribution in [0.1, 0.15) is 24.5 Å². The van der Waals surface area contributed by atoms with Gasteiger partial charge in [0.15, 0.2) is 0 Å². The molecule has 2 aromatic rings. The molecule has 2 N–H and O–H groups in total. The van der Waals surface area contributed by atoms with Crippen LogP contribution in [-0.4, -0.2) is 42.6 Å². The SMILES string of the molecule is CCc1ccc2[nH]cc(CCCN3CCNCC3)c2c1. The van der Waals surface area contributed by atoms with Crippen molar-refractivity contribution in [1.29, 1.82) is 0 Å². The molecule has 0 saturated carbocycles. The zero-order valence-corrected chi connectivity index (χ0v) is 12.4. The van der Waals surface area contributed by atoms with E-state index < -0.39 is 0 Å². The van der Waals surface area contributed by atoms with Gasteiger partial charge in [-0.3, -0.25) is 0 Å². The van der Waals surface area contributed by atoms with Gasteiger partial charge in [-0.1, -0.05) is 13.0 Å². The van der Waals surface area contributed by atoms with Gasteiger partial charge in [-0.25, -0.2) is 0 Å². The third-order valence-electron chi connectivity index (χ3n) is 4.37. The summed E-state index contributed by atoms with van der Waals surface area (Å²) in [5, 5.41) is 4.83. The average Bonchev–Trinajstić information content (AvgIpc) is 2.91. The number of nitrogens with zero attached hydrogens (tertiary/aromatic N) is 1. The second kappa shape index (κ2) is 6.42. The second-order valence-corrected chi connectivity index (χ2v) is 5.74. The summed E-state index contributed by atoms with van der Waals surface area (Å²) in [6.45, 7) is 8.14. The van der Waals surface area contributed by atoms with Gasteiger partial charge < -0.3 is 15.2 Å². The predicted molar refractivity (Wildman–Crippen MR) is 85.3 cm³/mol. The van der Waals surface area contributed by atoms with Crippen molar-refractivity contribution < 1.29 is 0 Å². The van der Waals surface area contributed by atoms with Crippen molar-refractivity contribution in [2.24, 2.45) is 0 Å². The maximum Gasteiger partial charge on any atom is 0.0456 e. The highest BCUT2D eigenvalue weighted by Gasteiger charge is 2.09. The quantitative estimate of drug-likeness (QED) is 0.875. The lowest BCUT2D eigenvalue weighted by atomic mass is 10.0. The predicted octanol–water partition coefficient (Wildman–Crippen LogP) is 2.57. The maximum atomic E-state index is 3.41. The number of aryl methyl sites for hydroxylation is 2. The summed E-state index contributed by atoms with van der Waals surface area (Å²) >= 11 is 0. The van der Waals surface area contributed by atoms with E-state index in [0.29, 0.717) is 0 Å². The van der Waals surface area contributed by atoms with Crippen LogP contribution in [0.2, 0.25) is 0 Å². The Morgan fingerprint density at radius 2 is 2.05 bits per heavy atom. The van der Waals surface area contributed by atoms with Crippen LogP contribution in [0.4, 0.5) is 0 Å². The topological polar surface area (TPSA) is 31.1 Å². The Balaban J connectivity index is 1.62. The lowest BCUT2D eigenvalue weighted by Crippen LogP contribution is -2.43. The molecule has 0 aliphatic carbocycles.